The van der Waals surface area contributed by atoms with E-state index in [4.69, 9.17) is 4.98 Å². The van der Waals surface area contributed by atoms with Gasteiger partial charge in [0.05, 0.1) is 28.0 Å². The van der Waals surface area contributed by atoms with Crippen LogP contribution in [0, 0.1) is 0 Å². The maximum Gasteiger partial charge on any atom is 0.148 e. The van der Waals surface area contributed by atoms with Gasteiger partial charge in [-0.25, -0.2) is 13.4 Å². The van der Waals surface area contributed by atoms with Crippen molar-refractivity contribution in [1.29, 1.82) is 0 Å². The topological polar surface area (TPSA) is 78.1 Å². The Bertz CT molecular complexity index is 905. The van der Waals surface area contributed by atoms with Crippen molar-refractivity contribution in [1.82, 2.24) is 20.2 Å². The molecule has 0 spiro atoms. The van der Waals surface area contributed by atoms with Crippen LogP contribution in [0.15, 0.2) is 18.3 Å². The third kappa shape index (κ3) is 2.98. The molecule has 0 radical (unpaired) electrons. The minimum atomic E-state index is -2.93. The van der Waals surface area contributed by atoms with Crippen molar-refractivity contribution in [2.24, 2.45) is 0 Å². The predicted molar refractivity (Wildman–Crippen MR) is 99.6 cm³/mol. The highest BCUT2D eigenvalue weighted by molar-refractivity contribution is 7.90. The van der Waals surface area contributed by atoms with Crippen molar-refractivity contribution < 1.29 is 8.42 Å². The van der Waals surface area contributed by atoms with Crippen LogP contribution in [0.1, 0.15) is 37.4 Å². The number of nitrogens with zero attached hydrogens (tertiary/aromatic N) is 2. The van der Waals surface area contributed by atoms with Crippen molar-refractivity contribution in [2.75, 3.05) is 31.6 Å². The number of rotatable bonds is 5. The second-order valence-electron chi connectivity index (χ2n) is 7.91. The molecule has 0 saturated carbocycles. The molecule has 6 nitrogen and oxygen atoms in total. The molecule has 2 bridgehead atoms. The predicted octanol–water partition coefficient (Wildman–Crippen LogP) is 1.60. The Labute approximate surface area is 148 Å². The van der Waals surface area contributed by atoms with E-state index in [0.717, 1.165) is 36.2 Å². The van der Waals surface area contributed by atoms with E-state index in [0.29, 0.717) is 18.5 Å². The highest BCUT2D eigenvalue weighted by Crippen LogP contribution is 2.40. The number of sulfone groups is 1. The lowest BCUT2D eigenvalue weighted by atomic mass is 9.94. The number of H-pyrrole nitrogens is 1. The average Bonchev–Trinajstić information content (AvgIpc) is 3.24. The standard InChI is InChI=1S/C18H26N4O2S/c1-12(2)14-10-19-15-4-5-16(21-17(14)15)18-8-13(9-20-18)22(11-18)6-7-25(3,23)24/h4-5,10,12-13,19-20H,6-9,11H2,1-3H3. The zero-order chi connectivity index (χ0) is 17.8. The van der Waals surface area contributed by atoms with Gasteiger partial charge in [-0.05, 0) is 30.0 Å². The zero-order valence-electron chi connectivity index (χ0n) is 15.0. The summed E-state index contributed by atoms with van der Waals surface area (Å²) in [7, 11) is -2.93. The molecule has 2 saturated heterocycles. The van der Waals surface area contributed by atoms with E-state index >= 15 is 0 Å². The summed E-state index contributed by atoms with van der Waals surface area (Å²) in [6.45, 7) is 6.69. The monoisotopic (exact) mass is 362 g/mol. The molecule has 25 heavy (non-hydrogen) atoms. The third-order valence-electron chi connectivity index (χ3n) is 5.66. The van der Waals surface area contributed by atoms with Gasteiger partial charge in [0.2, 0.25) is 0 Å². The Morgan fingerprint density at radius 3 is 2.92 bits per heavy atom. The van der Waals surface area contributed by atoms with Gasteiger partial charge < -0.3 is 10.3 Å². The second kappa shape index (κ2) is 5.79. The maximum absolute atomic E-state index is 11.5. The van der Waals surface area contributed by atoms with E-state index in [1.54, 1.807) is 0 Å². The number of likely N-dealkylation sites (tertiary alicyclic amines) is 1. The number of hydrogen-bond donors (Lipinski definition) is 2. The van der Waals surface area contributed by atoms with Crippen LogP contribution in [0.25, 0.3) is 11.0 Å². The van der Waals surface area contributed by atoms with E-state index in [1.165, 1.54) is 11.8 Å². The molecule has 4 heterocycles. The smallest absolute Gasteiger partial charge is 0.148 e. The van der Waals surface area contributed by atoms with E-state index < -0.39 is 9.84 Å². The van der Waals surface area contributed by atoms with Gasteiger partial charge in [-0.1, -0.05) is 13.8 Å². The van der Waals surface area contributed by atoms with Crippen molar-refractivity contribution in [3.63, 3.8) is 0 Å². The van der Waals surface area contributed by atoms with Crippen LogP contribution in [0.3, 0.4) is 0 Å². The third-order valence-corrected chi connectivity index (χ3v) is 6.59. The molecule has 0 aromatic carbocycles. The molecule has 2 fully saturated rings. The van der Waals surface area contributed by atoms with Crippen LogP contribution in [0.2, 0.25) is 0 Å². The van der Waals surface area contributed by atoms with Crippen molar-refractivity contribution in [3.05, 3.63) is 29.6 Å². The molecule has 7 heteroatoms. The van der Waals surface area contributed by atoms with Gasteiger partial charge in [0.15, 0.2) is 0 Å². The summed E-state index contributed by atoms with van der Waals surface area (Å²) >= 11 is 0. The van der Waals surface area contributed by atoms with E-state index in [2.05, 4.69) is 47.4 Å². The number of fused-ring (bicyclic) bond motifs is 3. The summed E-state index contributed by atoms with van der Waals surface area (Å²) in [5.74, 6) is 0.648. The number of pyridine rings is 1. The summed E-state index contributed by atoms with van der Waals surface area (Å²) < 4.78 is 23.0. The number of aromatic amines is 1. The number of piperazine rings is 1. The first-order valence-electron chi connectivity index (χ1n) is 8.93. The van der Waals surface area contributed by atoms with E-state index in [-0.39, 0.29) is 11.3 Å². The number of hydrogen-bond acceptors (Lipinski definition) is 5. The van der Waals surface area contributed by atoms with Gasteiger partial charge in [0.25, 0.3) is 0 Å². The molecule has 2 aliphatic rings. The average molecular weight is 362 g/mol. The van der Waals surface area contributed by atoms with Crippen LogP contribution in [-0.4, -0.2) is 61.0 Å². The van der Waals surface area contributed by atoms with Crippen molar-refractivity contribution in [2.45, 2.75) is 37.8 Å². The normalized spacial score (nSPS) is 27.0. The van der Waals surface area contributed by atoms with Crippen molar-refractivity contribution in [3.8, 4) is 0 Å². The minimum Gasteiger partial charge on any atom is -0.360 e. The van der Waals surface area contributed by atoms with Gasteiger partial charge in [-0.3, -0.25) is 4.90 Å². The van der Waals surface area contributed by atoms with Crippen LogP contribution in [-0.2, 0) is 15.4 Å². The summed E-state index contributed by atoms with van der Waals surface area (Å²) in [6.07, 6.45) is 4.36. The molecule has 0 aliphatic carbocycles. The van der Waals surface area contributed by atoms with Crippen LogP contribution in [0.5, 0.6) is 0 Å². The molecule has 2 unspecified atom stereocenters. The fourth-order valence-corrected chi connectivity index (χ4v) is 4.83. The highest BCUT2D eigenvalue weighted by atomic mass is 32.2. The van der Waals surface area contributed by atoms with Crippen LogP contribution in [0.4, 0.5) is 0 Å². The van der Waals surface area contributed by atoms with Crippen LogP contribution < -0.4 is 5.32 Å². The fourth-order valence-electron chi connectivity index (χ4n) is 4.26. The molecular formula is C18H26N4O2S. The molecule has 0 amide bonds. The van der Waals surface area contributed by atoms with Gasteiger partial charge >= 0.3 is 0 Å². The number of nitrogens with one attached hydrogen (secondary N) is 2. The fraction of sp³-hybridized carbons (Fsp3) is 0.611. The zero-order valence-corrected chi connectivity index (χ0v) is 15.9. The Morgan fingerprint density at radius 1 is 1.40 bits per heavy atom. The molecular weight excluding hydrogens is 336 g/mol. The molecule has 4 rings (SSSR count). The molecule has 2 aliphatic heterocycles. The summed E-state index contributed by atoms with van der Waals surface area (Å²) in [6, 6.07) is 4.63. The first kappa shape index (κ1) is 17.0. The Morgan fingerprint density at radius 2 is 2.20 bits per heavy atom. The molecule has 136 valence electrons. The maximum atomic E-state index is 11.5. The summed E-state index contributed by atoms with van der Waals surface area (Å²) in [5.41, 5.74) is 4.30. The number of aromatic nitrogens is 2. The Hall–Kier alpha value is -1.44. The van der Waals surface area contributed by atoms with Crippen LogP contribution >= 0.6 is 0 Å². The van der Waals surface area contributed by atoms with Gasteiger partial charge in [0.1, 0.15) is 9.84 Å². The molecule has 2 atom stereocenters. The van der Waals surface area contributed by atoms with Crippen molar-refractivity contribution >= 4 is 20.9 Å². The lowest BCUT2D eigenvalue weighted by molar-refractivity contribution is 0.205. The van der Waals surface area contributed by atoms with E-state index in [9.17, 15) is 8.42 Å². The van der Waals surface area contributed by atoms with Gasteiger partial charge in [-0.15, -0.1) is 0 Å². The minimum absolute atomic E-state index is 0.151. The largest absolute Gasteiger partial charge is 0.360 e. The summed E-state index contributed by atoms with van der Waals surface area (Å²) in [4.78, 5) is 10.6. The molecule has 2 aromatic rings. The quantitative estimate of drug-likeness (QED) is 0.845. The first-order valence-corrected chi connectivity index (χ1v) is 11.0. The summed E-state index contributed by atoms with van der Waals surface area (Å²) in [5, 5.41) is 3.65. The SMILES string of the molecule is CC(C)c1c[nH]c2ccc(C34CC(CN3)N(CCS(C)(=O)=O)C4)nc12. The molecule has 2 aromatic heterocycles. The van der Waals surface area contributed by atoms with E-state index in [1.807, 2.05) is 0 Å². The molecule has 2 N–H and O–H groups in total. The lowest BCUT2D eigenvalue weighted by Gasteiger charge is -2.33. The van der Waals surface area contributed by atoms with Gasteiger partial charge in [-0.2, -0.15) is 0 Å². The lowest BCUT2D eigenvalue weighted by Crippen LogP contribution is -2.50. The van der Waals surface area contributed by atoms with Gasteiger partial charge in [0, 0.05) is 38.1 Å². The Balaban J connectivity index is 1.63. The Kier molecular flexibility index (Phi) is 3.94. The second-order valence-corrected chi connectivity index (χ2v) is 10.2. The highest BCUT2D eigenvalue weighted by Gasteiger charge is 2.51. The first-order chi connectivity index (χ1) is 11.8.